The molecular weight excluding hydrogens is 410 g/mol. The summed E-state index contributed by atoms with van der Waals surface area (Å²) < 4.78 is 13.5. The van der Waals surface area contributed by atoms with Crippen molar-refractivity contribution in [3.8, 4) is 5.75 Å². The second-order valence-corrected chi connectivity index (χ2v) is 8.78. The number of benzene rings is 1. The molecule has 168 valence electrons. The first kappa shape index (κ1) is 20.8. The van der Waals surface area contributed by atoms with Crippen molar-refractivity contribution < 1.29 is 23.9 Å². The minimum Gasteiger partial charge on any atom is -0.493 e. The summed E-state index contributed by atoms with van der Waals surface area (Å²) in [5.41, 5.74) is 1.79. The van der Waals surface area contributed by atoms with Crippen LogP contribution in [-0.2, 0) is 21.6 Å². The van der Waals surface area contributed by atoms with E-state index in [-0.39, 0.29) is 18.4 Å². The Morgan fingerprint density at radius 1 is 1.22 bits per heavy atom. The molecule has 8 nitrogen and oxygen atoms in total. The van der Waals surface area contributed by atoms with Gasteiger partial charge in [0, 0.05) is 42.1 Å². The number of carbonyl (C=O) groups excluding carboxylic acids is 3. The highest BCUT2D eigenvalue weighted by molar-refractivity contribution is 6.12. The molecule has 32 heavy (non-hydrogen) atoms. The Morgan fingerprint density at radius 2 is 2.03 bits per heavy atom. The van der Waals surface area contributed by atoms with Crippen molar-refractivity contribution in [3.63, 3.8) is 0 Å². The van der Waals surface area contributed by atoms with Gasteiger partial charge in [0.2, 0.25) is 0 Å². The second kappa shape index (κ2) is 7.78. The summed E-state index contributed by atoms with van der Waals surface area (Å²) in [5, 5.41) is 2.85. The van der Waals surface area contributed by atoms with E-state index in [9.17, 15) is 14.4 Å². The number of urea groups is 1. The topological polar surface area (TPSA) is 89.9 Å². The van der Waals surface area contributed by atoms with Gasteiger partial charge in [-0.1, -0.05) is 18.2 Å². The number of para-hydroxylation sites is 1. The summed E-state index contributed by atoms with van der Waals surface area (Å²) in [4.78, 5) is 40.5. The lowest BCUT2D eigenvalue weighted by Crippen LogP contribution is -2.47. The van der Waals surface area contributed by atoms with Gasteiger partial charge in [-0.15, -0.1) is 0 Å². The van der Waals surface area contributed by atoms with Crippen molar-refractivity contribution in [2.45, 2.75) is 51.3 Å². The number of aromatic nitrogens is 1. The predicted octanol–water partition coefficient (Wildman–Crippen LogP) is 2.70. The number of aryl methyl sites for hydroxylation is 1. The van der Waals surface area contributed by atoms with E-state index < -0.39 is 17.5 Å². The molecule has 3 aliphatic heterocycles. The third-order valence-corrected chi connectivity index (χ3v) is 6.84. The highest BCUT2D eigenvalue weighted by Gasteiger charge is 2.55. The van der Waals surface area contributed by atoms with Crippen LogP contribution in [0.2, 0.25) is 0 Å². The van der Waals surface area contributed by atoms with Crippen molar-refractivity contribution in [2.24, 2.45) is 0 Å². The lowest BCUT2D eigenvalue weighted by atomic mass is 9.84. The molecular formula is C24H27N3O5. The Balaban J connectivity index is 1.38. The van der Waals surface area contributed by atoms with Gasteiger partial charge in [0.1, 0.15) is 5.75 Å². The number of ether oxygens (including phenoxy) is 2. The van der Waals surface area contributed by atoms with E-state index in [1.165, 1.54) is 0 Å². The van der Waals surface area contributed by atoms with Gasteiger partial charge in [0.05, 0.1) is 19.3 Å². The Labute approximate surface area is 186 Å². The van der Waals surface area contributed by atoms with Crippen molar-refractivity contribution in [3.05, 3.63) is 52.8 Å². The van der Waals surface area contributed by atoms with Crippen LogP contribution in [0.5, 0.6) is 5.75 Å². The van der Waals surface area contributed by atoms with Gasteiger partial charge in [0.25, 0.3) is 5.91 Å². The smallest absolute Gasteiger partial charge is 0.325 e. The van der Waals surface area contributed by atoms with Gasteiger partial charge in [-0.3, -0.25) is 14.5 Å². The molecule has 0 saturated carbocycles. The lowest BCUT2D eigenvalue weighted by molar-refractivity contribution is -0.132. The van der Waals surface area contributed by atoms with Gasteiger partial charge < -0.3 is 19.4 Å². The van der Waals surface area contributed by atoms with E-state index >= 15 is 0 Å². The molecule has 0 aliphatic carbocycles. The minimum atomic E-state index is -1.18. The van der Waals surface area contributed by atoms with Gasteiger partial charge in [-0.25, -0.2) is 4.79 Å². The molecule has 1 aromatic carbocycles. The van der Waals surface area contributed by atoms with Crippen LogP contribution in [0.15, 0.2) is 30.3 Å². The van der Waals surface area contributed by atoms with Crippen molar-refractivity contribution >= 4 is 17.7 Å². The van der Waals surface area contributed by atoms with Crippen LogP contribution >= 0.6 is 0 Å². The van der Waals surface area contributed by atoms with Crippen LogP contribution in [-0.4, -0.2) is 53.1 Å². The van der Waals surface area contributed by atoms with E-state index in [1.807, 2.05) is 32.0 Å². The number of fused-ring (bicyclic) bond motifs is 2. The summed E-state index contributed by atoms with van der Waals surface area (Å²) >= 11 is 0. The van der Waals surface area contributed by atoms with E-state index in [2.05, 4.69) is 9.88 Å². The van der Waals surface area contributed by atoms with Crippen molar-refractivity contribution in [1.29, 1.82) is 0 Å². The minimum absolute atomic E-state index is 0.155. The number of nitrogens with one attached hydrogen (secondary N) is 1. The molecule has 0 bridgehead atoms. The van der Waals surface area contributed by atoms with Gasteiger partial charge in [-0.2, -0.15) is 0 Å². The molecule has 0 radical (unpaired) electrons. The quantitative estimate of drug-likeness (QED) is 0.574. The summed E-state index contributed by atoms with van der Waals surface area (Å²) in [6.07, 6.45) is 2.55. The van der Waals surface area contributed by atoms with Gasteiger partial charge in [0.15, 0.2) is 11.3 Å². The van der Waals surface area contributed by atoms with Crippen LogP contribution in [0.25, 0.3) is 0 Å². The van der Waals surface area contributed by atoms with E-state index in [1.54, 1.807) is 12.1 Å². The maximum atomic E-state index is 13.4. The number of carbonyl (C=O) groups is 3. The largest absolute Gasteiger partial charge is 0.493 e. The Hall–Kier alpha value is -3.13. The Bertz CT molecular complexity index is 1100. The Kier molecular flexibility index (Phi) is 5.04. The molecule has 0 unspecified atom stereocenters. The number of imide groups is 1. The third-order valence-electron chi connectivity index (χ3n) is 6.84. The zero-order valence-electron chi connectivity index (χ0n) is 18.3. The standard InChI is InChI=1S/C24H27N3O5/c1-15-12-18(16(2)26(15)13-17-6-5-10-31-17)20(28)14-27-22(29)24(25-23(27)30)9-11-32-21-8-4-3-7-19(21)24/h3-4,7-8,12,17H,5-6,9-11,13-14H2,1-2H3,(H,25,30)/t17-,24-/m0/s1. The molecule has 8 heteroatoms. The number of hydrogen-bond acceptors (Lipinski definition) is 5. The van der Waals surface area contributed by atoms with Gasteiger partial charge >= 0.3 is 6.03 Å². The molecule has 1 N–H and O–H groups in total. The van der Waals surface area contributed by atoms with Gasteiger partial charge in [-0.05, 0) is 38.8 Å². The van der Waals surface area contributed by atoms with Crippen LogP contribution in [0.4, 0.5) is 4.79 Å². The maximum Gasteiger partial charge on any atom is 0.325 e. The zero-order valence-corrected chi connectivity index (χ0v) is 18.3. The van der Waals surface area contributed by atoms with Crippen LogP contribution < -0.4 is 10.1 Å². The molecule has 3 amide bonds. The molecule has 2 atom stereocenters. The number of nitrogens with zero attached hydrogens (tertiary/aromatic N) is 2. The SMILES string of the molecule is Cc1cc(C(=O)CN2C(=O)N[C@]3(CCOc4ccccc43)C2=O)c(C)n1C[C@@H]1CCCO1. The Morgan fingerprint density at radius 3 is 2.81 bits per heavy atom. The zero-order chi connectivity index (χ0) is 22.5. The molecule has 2 saturated heterocycles. The van der Waals surface area contributed by atoms with Crippen LogP contribution in [0.3, 0.4) is 0 Å². The number of ketones is 1. The van der Waals surface area contributed by atoms with Crippen LogP contribution in [0.1, 0.15) is 46.6 Å². The number of hydrogen-bond donors (Lipinski definition) is 1. The molecule has 2 fully saturated rings. The fourth-order valence-electron chi connectivity index (χ4n) is 5.10. The van der Waals surface area contributed by atoms with Crippen molar-refractivity contribution in [2.75, 3.05) is 19.8 Å². The summed E-state index contributed by atoms with van der Waals surface area (Å²) in [5.74, 6) is -0.0735. The normalized spacial score (nSPS) is 24.6. The van der Waals surface area contributed by atoms with Crippen molar-refractivity contribution in [1.82, 2.24) is 14.8 Å². The number of Topliss-reactive ketones (excluding diaryl/α,β-unsaturated/α-hetero) is 1. The summed E-state index contributed by atoms with van der Waals surface area (Å²) in [6, 6.07) is 8.50. The molecule has 2 aromatic rings. The predicted molar refractivity (Wildman–Crippen MR) is 116 cm³/mol. The number of rotatable bonds is 5. The van der Waals surface area contributed by atoms with E-state index in [0.717, 1.165) is 35.7 Å². The highest BCUT2D eigenvalue weighted by Crippen LogP contribution is 2.41. The first-order valence-electron chi connectivity index (χ1n) is 11.1. The molecule has 1 aromatic heterocycles. The fraction of sp³-hybridized carbons (Fsp3) is 0.458. The average molecular weight is 437 g/mol. The number of amides is 3. The fourth-order valence-corrected chi connectivity index (χ4v) is 5.10. The third kappa shape index (κ3) is 3.21. The monoisotopic (exact) mass is 437 g/mol. The molecule has 3 aliphatic rings. The first-order valence-corrected chi connectivity index (χ1v) is 11.1. The summed E-state index contributed by atoms with van der Waals surface area (Å²) in [6.45, 7) is 5.36. The molecule has 5 rings (SSSR count). The maximum absolute atomic E-state index is 13.4. The first-order chi connectivity index (χ1) is 15.4. The highest BCUT2D eigenvalue weighted by atomic mass is 16.5. The van der Waals surface area contributed by atoms with E-state index in [0.29, 0.717) is 36.4 Å². The summed E-state index contributed by atoms with van der Waals surface area (Å²) in [7, 11) is 0. The average Bonchev–Trinajstić information content (AvgIpc) is 3.46. The molecule has 4 heterocycles. The lowest BCUT2D eigenvalue weighted by Gasteiger charge is -2.33. The van der Waals surface area contributed by atoms with E-state index in [4.69, 9.17) is 9.47 Å². The molecule has 1 spiro atoms. The van der Waals surface area contributed by atoms with Crippen LogP contribution in [0, 0.1) is 13.8 Å². The second-order valence-electron chi connectivity index (χ2n) is 8.78.